The van der Waals surface area contributed by atoms with E-state index in [2.05, 4.69) is 41.0 Å². The van der Waals surface area contributed by atoms with Gasteiger partial charge in [0.05, 0.1) is 7.11 Å². The number of rotatable bonds is 8. The summed E-state index contributed by atoms with van der Waals surface area (Å²) in [4.78, 5) is 1.24. The van der Waals surface area contributed by atoms with Crippen molar-refractivity contribution in [3.63, 3.8) is 0 Å². The van der Waals surface area contributed by atoms with Crippen LogP contribution in [0.5, 0.6) is 11.5 Å². The number of hydrogen-bond donors (Lipinski definition) is 1. The van der Waals surface area contributed by atoms with E-state index in [-0.39, 0.29) is 12.4 Å². The van der Waals surface area contributed by atoms with Gasteiger partial charge in [0, 0.05) is 18.0 Å². The first-order chi connectivity index (χ1) is 11.8. The number of thiophene rings is 1. The maximum atomic E-state index is 5.78. The third-order valence-electron chi connectivity index (χ3n) is 3.70. The van der Waals surface area contributed by atoms with Crippen LogP contribution in [0.25, 0.3) is 0 Å². The second kappa shape index (κ2) is 10.1. The Balaban J connectivity index is 0.00000225. The molecule has 0 spiro atoms. The average Bonchev–Trinajstić information content (AvgIpc) is 3.15. The Bertz CT molecular complexity index is 727. The lowest BCUT2D eigenvalue weighted by molar-refractivity contribution is -0.00000548. The second-order valence-corrected chi connectivity index (χ2v) is 6.50. The van der Waals surface area contributed by atoms with Crippen molar-refractivity contribution in [3.05, 3.63) is 82.0 Å². The number of hydrogen-bond acceptors (Lipinski definition) is 4. The summed E-state index contributed by atoms with van der Waals surface area (Å²) in [5, 5.41) is 5.52. The van der Waals surface area contributed by atoms with Crippen molar-refractivity contribution in [3.8, 4) is 11.5 Å². The zero-order valence-electron chi connectivity index (χ0n) is 14.1. The Labute approximate surface area is 159 Å². The van der Waals surface area contributed by atoms with E-state index in [4.69, 9.17) is 9.47 Å². The first kappa shape index (κ1) is 19.3. The van der Waals surface area contributed by atoms with E-state index < -0.39 is 0 Å². The summed E-state index contributed by atoms with van der Waals surface area (Å²) in [6, 6.07) is 20.5. The summed E-state index contributed by atoms with van der Waals surface area (Å²) >= 11 is 1.71. The highest BCUT2D eigenvalue weighted by Crippen LogP contribution is 2.16. The van der Waals surface area contributed by atoms with Crippen molar-refractivity contribution in [2.45, 2.75) is 19.7 Å². The van der Waals surface area contributed by atoms with Gasteiger partial charge >= 0.3 is 0 Å². The fourth-order valence-electron chi connectivity index (χ4n) is 2.35. The maximum Gasteiger partial charge on any atom is 0.122 e. The van der Waals surface area contributed by atoms with E-state index >= 15 is 0 Å². The first-order valence-electron chi connectivity index (χ1n) is 7.91. The topological polar surface area (TPSA) is 30.5 Å². The number of halogens is 1. The number of ether oxygens (including phenoxy) is 2. The molecule has 2 aromatic carbocycles. The van der Waals surface area contributed by atoms with Gasteiger partial charge in [-0.05, 0) is 46.8 Å². The Kier molecular flexibility index (Phi) is 7.79. The van der Waals surface area contributed by atoms with Gasteiger partial charge in [0.2, 0.25) is 0 Å². The summed E-state index contributed by atoms with van der Waals surface area (Å²) in [5.74, 6) is 1.79. The smallest absolute Gasteiger partial charge is 0.122 e. The molecule has 0 radical (unpaired) electrons. The molecule has 0 aliphatic heterocycles. The molecule has 0 bridgehead atoms. The molecule has 1 N–H and O–H groups in total. The van der Waals surface area contributed by atoms with Gasteiger partial charge in [0.15, 0.2) is 0 Å². The Hall–Kier alpha value is -2.01. The van der Waals surface area contributed by atoms with Gasteiger partial charge in [0.1, 0.15) is 18.1 Å². The van der Waals surface area contributed by atoms with Crippen molar-refractivity contribution in [2.24, 2.45) is 0 Å². The van der Waals surface area contributed by atoms with Crippen LogP contribution in [-0.4, -0.2) is 7.11 Å². The van der Waals surface area contributed by atoms with E-state index in [0.717, 1.165) is 24.6 Å². The van der Waals surface area contributed by atoms with Crippen LogP contribution in [0.3, 0.4) is 0 Å². The van der Waals surface area contributed by atoms with E-state index in [1.165, 1.54) is 16.0 Å². The van der Waals surface area contributed by atoms with Crippen LogP contribution in [0.1, 0.15) is 16.0 Å². The summed E-state index contributed by atoms with van der Waals surface area (Å²) in [6.07, 6.45) is 0. The van der Waals surface area contributed by atoms with Crippen LogP contribution in [0, 0.1) is 0 Å². The SMILES string of the molecule is COc1ccc(CNCc2ccc(OCc3cccs3)cc2)cc1.[Cl-]. The van der Waals surface area contributed by atoms with Crippen LogP contribution in [-0.2, 0) is 19.7 Å². The lowest BCUT2D eigenvalue weighted by Gasteiger charge is -2.08. The highest BCUT2D eigenvalue weighted by atomic mass is 35.5. The molecule has 3 rings (SSSR count). The standard InChI is InChI=1S/C20H21NO2S.ClH/c1-22-18-8-4-16(5-9-18)13-21-14-17-6-10-19(11-7-17)23-15-20-3-2-12-24-20;/h2-12,21H,13-15H2,1H3;1H/p-1. The predicted molar refractivity (Wildman–Crippen MR) is 98.6 cm³/mol. The number of methoxy groups -OCH3 is 1. The van der Waals surface area contributed by atoms with Crippen LogP contribution in [0.15, 0.2) is 66.0 Å². The number of benzene rings is 2. The molecule has 0 atom stereocenters. The van der Waals surface area contributed by atoms with Crippen LogP contribution < -0.4 is 27.2 Å². The van der Waals surface area contributed by atoms with Gasteiger partial charge in [-0.25, -0.2) is 0 Å². The molecule has 0 saturated heterocycles. The minimum atomic E-state index is 0. The largest absolute Gasteiger partial charge is 1.00 e. The van der Waals surface area contributed by atoms with E-state index in [9.17, 15) is 0 Å². The van der Waals surface area contributed by atoms with Gasteiger partial charge in [-0.15, -0.1) is 11.3 Å². The molecule has 0 saturated carbocycles. The Morgan fingerprint density at radius 1 is 0.840 bits per heavy atom. The highest BCUT2D eigenvalue weighted by Gasteiger charge is 1.99. The number of nitrogens with one attached hydrogen (secondary N) is 1. The van der Waals surface area contributed by atoms with Gasteiger partial charge in [-0.3, -0.25) is 0 Å². The Morgan fingerprint density at radius 2 is 1.44 bits per heavy atom. The minimum Gasteiger partial charge on any atom is -1.00 e. The summed E-state index contributed by atoms with van der Waals surface area (Å²) in [6.45, 7) is 2.30. The normalized spacial score (nSPS) is 10.1. The lowest BCUT2D eigenvalue weighted by atomic mass is 10.2. The molecule has 5 heteroatoms. The van der Waals surface area contributed by atoms with Crippen molar-refractivity contribution in [1.82, 2.24) is 5.32 Å². The predicted octanol–water partition coefficient (Wildman–Crippen LogP) is 1.63. The molecule has 3 nitrogen and oxygen atoms in total. The highest BCUT2D eigenvalue weighted by molar-refractivity contribution is 7.09. The van der Waals surface area contributed by atoms with Crippen molar-refractivity contribution < 1.29 is 21.9 Å². The fraction of sp³-hybridized carbons (Fsp3) is 0.200. The van der Waals surface area contributed by atoms with Crippen molar-refractivity contribution in [2.75, 3.05) is 7.11 Å². The zero-order chi connectivity index (χ0) is 16.6. The monoisotopic (exact) mass is 374 g/mol. The third kappa shape index (κ3) is 6.09. The molecule has 1 aromatic heterocycles. The molecule has 0 fully saturated rings. The molecule has 132 valence electrons. The van der Waals surface area contributed by atoms with Gasteiger partial charge in [0.25, 0.3) is 0 Å². The first-order valence-corrected chi connectivity index (χ1v) is 8.79. The summed E-state index contributed by atoms with van der Waals surface area (Å²) in [5.41, 5.74) is 2.48. The van der Waals surface area contributed by atoms with E-state index in [0.29, 0.717) is 6.61 Å². The van der Waals surface area contributed by atoms with Crippen molar-refractivity contribution >= 4 is 11.3 Å². The average molecular weight is 375 g/mol. The fourth-order valence-corrected chi connectivity index (χ4v) is 2.96. The molecule has 0 unspecified atom stereocenters. The van der Waals surface area contributed by atoms with Crippen LogP contribution >= 0.6 is 11.3 Å². The van der Waals surface area contributed by atoms with Crippen LogP contribution in [0.4, 0.5) is 0 Å². The van der Waals surface area contributed by atoms with Crippen LogP contribution in [0.2, 0.25) is 0 Å². The summed E-state index contributed by atoms with van der Waals surface area (Å²) in [7, 11) is 1.68. The van der Waals surface area contributed by atoms with Crippen molar-refractivity contribution in [1.29, 1.82) is 0 Å². The van der Waals surface area contributed by atoms with E-state index in [1.54, 1.807) is 18.4 Å². The third-order valence-corrected chi connectivity index (χ3v) is 4.55. The quantitative estimate of drug-likeness (QED) is 0.650. The molecule has 0 aliphatic rings. The van der Waals surface area contributed by atoms with E-state index in [1.807, 2.05) is 30.3 Å². The molecular formula is C20H21ClNO2S-. The van der Waals surface area contributed by atoms with Gasteiger partial charge in [-0.1, -0.05) is 30.3 Å². The molecule has 0 aliphatic carbocycles. The van der Waals surface area contributed by atoms with Gasteiger partial charge in [-0.2, -0.15) is 0 Å². The maximum absolute atomic E-state index is 5.78. The van der Waals surface area contributed by atoms with Gasteiger partial charge < -0.3 is 27.2 Å². The lowest BCUT2D eigenvalue weighted by Crippen LogP contribution is -3.00. The summed E-state index contributed by atoms with van der Waals surface area (Å²) < 4.78 is 10.9. The molecular weight excluding hydrogens is 354 g/mol. The zero-order valence-corrected chi connectivity index (χ0v) is 15.6. The molecule has 3 aromatic rings. The molecule has 1 heterocycles. The molecule has 25 heavy (non-hydrogen) atoms. The molecule has 0 amide bonds. The second-order valence-electron chi connectivity index (χ2n) is 5.46. The Morgan fingerprint density at radius 3 is 1.96 bits per heavy atom. The minimum absolute atomic E-state index is 0.